The van der Waals surface area contributed by atoms with Gasteiger partial charge in [0.15, 0.2) is 11.5 Å². The number of hydrogen-bond donors (Lipinski definition) is 2. The number of carbonyl (C=O) groups is 1. The fourth-order valence-corrected chi connectivity index (χ4v) is 1.63. The van der Waals surface area contributed by atoms with Gasteiger partial charge < -0.3 is 20.1 Å². The van der Waals surface area contributed by atoms with E-state index in [-0.39, 0.29) is 13.3 Å². The van der Waals surface area contributed by atoms with Gasteiger partial charge in [-0.3, -0.25) is 4.79 Å². The summed E-state index contributed by atoms with van der Waals surface area (Å²) in [6, 6.07) is 5.28. The number of halogens is 3. The summed E-state index contributed by atoms with van der Waals surface area (Å²) in [5.41, 5.74) is 0.845. The Morgan fingerprint density at radius 2 is 2.00 bits per heavy atom. The first kappa shape index (κ1) is 14.4. The molecule has 0 spiro atoms. The van der Waals surface area contributed by atoms with Crippen LogP contribution in [0, 0.1) is 0 Å². The number of rotatable bonds is 5. The quantitative estimate of drug-likeness (QED) is 0.855. The zero-order valence-electron chi connectivity index (χ0n) is 10.4. The molecule has 5 nitrogen and oxygen atoms in total. The molecular formula is C12H13F3N2O3. The predicted molar refractivity (Wildman–Crippen MR) is 63.3 cm³/mol. The Morgan fingerprint density at radius 3 is 2.75 bits per heavy atom. The first-order chi connectivity index (χ1) is 9.44. The van der Waals surface area contributed by atoms with E-state index in [9.17, 15) is 18.0 Å². The van der Waals surface area contributed by atoms with Crippen molar-refractivity contribution in [3.8, 4) is 11.5 Å². The Balaban J connectivity index is 1.72. The summed E-state index contributed by atoms with van der Waals surface area (Å²) in [7, 11) is 0. The Hall–Kier alpha value is -1.96. The summed E-state index contributed by atoms with van der Waals surface area (Å²) >= 11 is 0. The molecule has 0 saturated heterocycles. The summed E-state index contributed by atoms with van der Waals surface area (Å²) < 4.78 is 45.9. The van der Waals surface area contributed by atoms with Crippen LogP contribution < -0.4 is 20.1 Å². The lowest BCUT2D eigenvalue weighted by Gasteiger charge is -2.09. The van der Waals surface area contributed by atoms with Gasteiger partial charge >= 0.3 is 6.18 Å². The maximum atomic E-state index is 11.9. The lowest BCUT2D eigenvalue weighted by Crippen LogP contribution is -2.39. The van der Waals surface area contributed by atoms with Gasteiger partial charge in [-0.25, -0.2) is 0 Å². The molecule has 0 fully saturated rings. The summed E-state index contributed by atoms with van der Waals surface area (Å²) in [5.74, 6) is 0.561. The Morgan fingerprint density at radius 1 is 1.25 bits per heavy atom. The number of amides is 1. The van der Waals surface area contributed by atoms with E-state index in [0.29, 0.717) is 18.0 Å². The normalized spacial score (nSPS) is 13.3. The number of fused-ring (bicyclic) bond motifs is 1. The van der Waals surface area contributed by atoms with E-state index < -0.39 is 18.6 Å². The highest BCUT2D eigenvalue weighted by Gasteiger charge is 2.27. The van der Waals surface area contributed by atoms with Crippen LogP contribution in [0.4, 0.5) is 13.2 Å². The van der Waals surface area contributed by atoms with Crippen LogP contribution in [0.3, 0.4) is 0 Å². The van der Waals surface area contributed by atoms with Crippen LogP contribution in [-0.4, -0.2) is 32.0 Å². The van der Waals surface area contributed by atoms with E-state index in [0.717, 1.165) is 5.56 Å². The molecule has 8 heteroatoms. The smallest absolute Gasteiger partial charge is 0.405 e. The Bertz CT molecular complexity index is 491. The Labute approximate surface area is 113 Å². The van der Waals surface area contributed by atoms with Gasteiger partial charge in [-0.1, -0.05) is 6.07 Å². The molecule has 1 aromatic rings. The standard InChI is InChI=1S/C12H13F3N2O3/c13-12(14,15)6-17-11(18)5-16-4-8-1-2-9-10(3-8)20-7-19-9/h1-3,16H,4-7H2,(H,17,18). The lowest BCUT2D eigenvalue weighted by atomic mass is 10.2. The maximum Gasteiger partial charge on any atom is 0.405 e. The molecule has 1 aliphatic rings. The van der Waals surface area contributed by atoms with Crippen LogP contribution in [-0.2, 0) is 11.3 Å². The second-order valence-electron chi connectivity index (χ2n) is 4.18. The number of benzene rings is 1. The zero-order valence-corrected chi connectivity index (χ0v) is 10.4. The largest absolute Gasteiger partial charge is 0.454 e. The third-order valence-electron chi connectivity index (χ3n) is 2.54. The molecule has 0 radical (unpaired) electrons. The Kier molecular flexibility index (Phi) is 4.33. The van der Waals surface area contributed by atoms with Crippen molar-refractivity contribution in [1.82, 2.24) is 10.6 Å². The van der Waals surface area contributed by atoms with Crippen LogP contribution in [0.15, 0.2) is 18.2 Å². The third kappa shape index (κ3) is 4.30. The van der Waals surface area contributed by atoms with Crippen LogP contribution in [0.25, 0.3) is 0 Å². The third-order valence-corrected chi connectivity index (χ3v) is 2.54. The van der Waals surface area contributed by atoms with Gasteiger partial charge in [-0.05, 0) is 17.7 Å². The van der Waals surface area contributed by atoms with Crippen molar-refractivity contribution in [2.45, 2.75) is 12.7 Å². The van der Waals surface area contributed by atoms with Crippen LogP contribution >= 0.6 is 0 Å². The minimum absolute atomic E-state index is 0.173. The average molecular weight is 290 g/mol. The minimum atomic E-state index is -4.40. The van der Waals surface area contributed by atoms with Crippen molar-refractivity contribution in [1.29, 1.82) is 0 Å². The summed E-state index contributed by atoms with van der Waals surface area (Å²) in [4.78, 5) is 11.1. The highest BCUT2D eigenvalue weighted by atomic mass is 19.4. The molecule has 2 rings (SSSR count). The summed E-state index contributed by atoms with van der Waals surface area (Å²) in [5, 5.41) is 4.53. The number of hydrogen-bond acceptors (Lipinski definition) is 4. The van der Waals surface area contributed by atoms with Crippen LogP contribution in [0.5, 0.6) is 11.5 Å². The summed E-state index contributed by atoms with van der Waals surface area (Å²) in [6.07, 6.45) is -4.40. The molecule has 1 amide bonds. The molecule has 0 aromatic heterocycles. The van der Waals surface area contributed by atoms with Crippen molar-refractivity contribution >= 4 is 5.91 Å². The van der Waals surface area contributed by atoms with Crippen LogP contribution in [0.1, 0.15) is 5.56 Å². The number of carbonyl (C=O) groups excluding carboxylic acids is 1. The van der Waals surface area contributed by atoms with Crippen molar-refractivity contribution in [2.75, 3.05) is 19.9 Å². The molecule has 0 aliphatic carbocycles. The van der Waals surface area contributed by atoms with Gasteiger partial charge in [0.05, 0.1) is 6.54 Å². The van der Waals surface area contributed by atoms with Gasteiger partial charge in [0, 0.05) is 6.54 Å². The zero-order chi connectivity index (χ0) is 14.6. The van der Waals surface area contributed by atoms with Gasteiger partial charge in [0.1, 0.15) is 6.54 Å². The van der Waals surface area contributed by atoms with E-state index in [4.69, 9.17) is 9.47 Å². The monoisotopic (exact) mass is 290 g/mol. The molecule has 0 saturated carbocycles. The molecule has 1 aliphatic heterocycles. The topological polar surface area (TPSA) is 59.6 Å². The fraction of sp³-hybridized carbons (Fsp3) is 0.417. The van der Waals surface area contributed by atoms with E-state index in [1.54, 1.807) is 23.5 Å². The minimum Gasteiger partial charge on any atom is -0.454 e. The second-order valence-corrected chi connectivity index (χ2v) is 4.18. The fourth-order valence-electron chi connectivity index (χ4n) is 1.63. The van der Waals surface area contributed by atoms with Gasteiger partial charge in [0.2, 0.25) is 12.7 Å². The van der Waals surface area contributed by atoms with Crippen molar-refractivity contribution in [3.05, 3.63) is 23.8 Å². The second kappa shape index (κ2) is 6.00. The molecule has 1 heterocycles. The van der Waals surface area contributed by atoms with E-state index in [1.807, 2.05) is 0 Å². The predicted octanol–water partition coefficient (Wildman–Crippen LogP) is 1.18. The van der Waals surface area contributed by atoms with Gasteiger partial charge in [-0.2, -0.15) is 13.2 Å². The number of alkyl halides is 3. The van der Waals surface area contributed by atoms with Crippen molar-refractivity contribution in [2.24, 2.45) is 0 Å². The lowest BCUT2D eigenvalue weighted by molar-refractivity contribution is -0.137. The number of nitrogens with one attached hydrogen (secondary N) is 2. The molecule has 0 unspecified atom stereocenters. The van der Waals surface area contributed by atoms with E-state index >= 15 is 0 Å². The SMILES string of the molecule is O=C(CNCc1ccc2c(c1)OCO2)NCC(F)(F)F. The summed E-state index contributed by atoms with van der Waals surface area (Å²) in [6.45, 7) is -0.996. The molecule has 110 valence electrons. The maximum absolute atomic E-state index is 11.9. The molecule has 20 heavy (non-hydrogen) atoms. The molecule has 0 bridgehead atoms. The first-order valence-electron chi connectivity index (χ1n) is 5.87. The van der Waals surface area contributed by atoms with E-state index in [2.05, 4.69) is 5.32 Å². The molecule has 2 N–H and O–H groups in total. The van der Waals surface area contributed by atoms with Crippen molar-refractivity contribution < 1.29 is 27.4 Å². The first-order valence-corrected chi connectivity index (χ1v) is 5.87. The molecule has 0 atom stereocenters. The average Bonchev–Trinajstić information content (AvgIpc) is 2.83. The number of ether oxygens (including phenoxy) is 2. The van der Waals surface area contributed by atoms with E-state index in [1.165, 1.54) is 0 Å². The van der Waals surface area contributed by atoms with Crippen LogP contribution in [0.2, 0.25) is 0 Å². The van der Waals surface area contributed by atoms with Crippen molar-refractivity contribution in [3.63, 3.8) is 0 Å². The molecular weight excluding hydrogens is 277 g/mol. The highest BCUT2D eigenvalue weighted by molar-refractivity contribution is 5.78. The highest BCUT2D eigenvalue weighted by Crippen LogP contribution is 2.32. The molecule has 1 aromatic carbocycles. The van der Waals surface area contributed by atoms with Gasteiger partial charge in [-0.15, -0.1) is 0 Å². The van der Waals surface area contributed by atoms with Gasteiger partial charge in [0.25, 0.3) is 0 Å².